The molecule has 0 aromatic carbocycles. The van der Waals surface area contributed by atoms with Crippen LogP contribution in [0.5, 0.6) is 0 Å². The zero-order chi connectivity index (χ0) is 14.2. The summed E-state index contributed by atoms with van der Waals surface area (Å²) in [6.45, 7) is 2.27. The van der Waals surface area contributed by atoms with Crippen LogP contribution in [0.2, 0.25) is 0 Å². The summed E-state index contributed by atoms with van der Waals surface area (Å²) in [5.41, 5.74) is 0.868. The van der Waals surface area contributed by atoms with Crippen molar-refractivity contribution in [3.8, 4) is 6.07 Å². The molecule has 0 aliphatic rings. The lowest BCUT2D eigenvalue weighted by Crippen LogP contribution is -1.83. The number of halogens is 1. The number of unbranched alkanes of at least 4 members (excludes halogenated alkanes) is 11. The molecule has 0 amide bonds. The molecule has 1 nitrogen and oxygen atoms in total. The number of hydrogen-bond donors (Lipinski definition) is 0. The van der Waals surface area contributed by atoms with Crippen LogP contribution in [-0.2, 0) is 0 Å². The first-order chi connectivity index (χ1) is 9.35. The molecule has 0 aromatic rings. The molecule has 0 N–H and O–H groups in total. The molecule has 0 saturated carbocycles. The van der Waals surface area contributed by atoms with Gasteiger partial charge in [0, 0.05) is 10.9 Å². The minimum atomic E-state index is 0.696. The molecular formula is C17H30BrN. The van der Waals surface area contributed by atoms with Crippen LogP contribution in [0.1, 0.15) is 84.0 Å². The lowest BCUT2D eigenvalue weighted by atomic mass is 10.0. The van der Waals surface area contributed by atoms with E-state index in [-0.39, 0.29) is 0 Å². The molecule has 0 unspecified atom stereocenters. The van der Waals surface area contributed by atoms with Crippen molar-refractivity contribution in [2.75, 3.05) is 5.33 Å². The second kappa shape index (κ2) is 15.8. The zero-order valence-corrected chi connectivity index (χ0v) is 14.2. The Bertz CT molecular complexity index is 252. The highest BCUT2D eigenvalue weighted by molar-refractivity contribution is 9.09. The fraction of sp³-hybridized carbons (Fsp3) is 0.824. The first-order valence-electron chi connectivity index (χ1n) is 8.00. The van der Waals surface area contributed by atoms with Crippen LogP contribution in [0.25, 0.3) is 0 Å². The van der Waals surface area contributed by atoms with E-state index >= 15 is 0 Å². The summed E-state index contributed by atoms with van der Waals surface area (Å²) < 4.78 is 0. The van der Waals surface area contributed by atoms with Gasteiger partial charge in [-0.2, -0.15) is 5.26 Å². The highest BCUT2D eigenvalue weighted by atomic mass is 79.9. The highest BCUT2D eigenvalue weighted by Gasteiger charge is 1.94. The van der Waals surface area contributed by atoms with E-state index in [4.69, 9.17) is 5.26 Å². The molecule has 110 valence electrons. The summed E-state index contributed by atoms with van der Waals surface area (Å²) in [5, 5.41) is 9.45. The maximum absolute atomic E-state index is 8.75. The monoisotopic (exact) mass is 327 g/mol. The van der Waals surface area contributed by atoms with Gasteiger partial charge in [0.05, 0.1) is 6.07 Å². The van der Waals surface area contributed by atoms with Gasteiger partial charge in [0.1, 0.15) is 0 Å². The van der Waals surface area contributed by atoms with E-state index in [1.807, 2.05) is 0 Å². The lowest BCUT2D eigenvalue weighted by molar-refractivity contribution is 0.550. The molecule has 0 aliphatic carbocycles. The van der Waals surface area contributed by atoms with Crippen molar-refractivity contribution in [3.05, 3.63) is 11.6 Å². The molecule has 19 heavy (non-hydrogen) atoms. The van der Waals surface area contributed by atoms with Gasteiger partial charge >= 0.3 is 0 Å². The topological polar surface area (TPSA) is 23.8 Å². The van der Waals surface area contributed by atoms with Crippen molar-refractivity contribution in [2.45, 2.75) is 84.0 Å². The van der Waals surface area contributed by atoms with Gasteiger partial charge in [-0.15, -0.1) is 0 Å². The molecule has 0 rings (SSSR count). The fourth-order valence-electron chi connectivity index (χ4n) is 2.21. The maximum Gasteiger partial charge on any atom is 0.0952 e. The van der Waals surface area contributed by atoms with E-state index < -0.39 is 0 Å². The van der Waals surface area contributed by atoms with E-state index in [2.05, 4.69) is 35.0 Å². The standard InChI is InChI=1S/C17H30BrN/c1-2-3-4-5-6-7-8-9-10-11-12-13-14-17(15-18)16-19/h14H,2-13,15H2,1H3/b17-14-. The van der Waals surface area contributed by atoms with E-state index in [0.29, 0.717) is 5.33 Å². The van der Waals surface area contributed by atoms with Gasteiger partial charge in [-0.3, -0.25) is 0 Å². The minimum Gasteiger partial charge on any atom is -0.193 e. The Morgan fingerprint density at radius 3 is 1.79 bits per heavy atom. The second-order valence-corrected chi connectivity index (χ2v) is 5.86. The Labute approximate surface area is 128 Å². The Hall–Kier alpha value is -0.290. The quantitative estimate of drug-likeness (QED) is 0.214. The zero-order valence-electron chi connectivity index (χ0n) is 12.6. The maximum atomic E-state index is 8.75. The molecular weight excluding hydrogens is 298 g/mol. The van der Waals surface area contributed by atoms with Crippen LogP contribution in [0.3, 0.4) is 0 Å². The van der Waals surface area contributed by atoms with Crippen LogP contribution < -0.4 is 0 Å². The minimum absolute atomic E-state index is 0.696. The molecule has 0 spiro atoms. The SMILES string of the molecule is CCCCCCCCCCCCC/C=C(\C#N)CBr. The summed E-state index contributed by atoms with van der Waals surface area (Å²) in [6, 6.07) is 2.21. The average molecular weight is 328 g/mol. The Kier molecular flexibility index (Phi) is 15.5. The van der Waals surface area contributed by atoms with Gasteiger partial charge in [-0.25, -0.2) is 0 Å². The van der Waals surface area contributed by atoms with Crippen molar-refractivity contribution in [3.63, 3.8) is 0 Å². The van der Waals surface area contributed by atoms with Gasteiger partial charge in [0.25, 0.3) is 0 Å². The van der Waals surface area contributed by atoms with E-state index in [1.54, 1.807) is 0 Å². The summed E-state index contributed by atoms with van der Waals surface area (Å²) in [5.74, 6) is 0. The fourth-order valence-corrected chi connectivity index (χ4v) is 2.57. The molecule has 0 radical (unpaired) electrons. The molecule has 0 atom stereocenters. The van der Waals surface area contributed by atoms with Gasteiger partial charge in [0.2, 0.25) is 0 Å². The number of allylic oxidation sites excluding steroid dienone is 2. The first-order valence-corrected chi connectivity index (χ1v) is 9.12. The molecule has 0 fully saturated rings. The van der Waals surface area contributed by atoms with Crippen molar-refractivity contribution >= 4 is 15.9 Å². The molecule has 0 saturated heterocycles. The Morgan fingerprint density at radius 1 is 0.895 bits per heavy atom. The summed E-state index contributed by atoms with van der Waals surface area (Å²) in [7, 11) is 0. The van der Waals surface area contributed by atoms with Gasteiger partial charge < -0.3 is 0 Å². The van der Waals surface area contributed by atoms with Gasteiger partial charge in [-0.1, -0.05) is 93.1 Å². The second-order valence-electron chi connectivity index (χ2n) is 5.30. The van der Waals surface area contributed by atoms with Crippen LogP contribution in [0.4, 0.5) is 0 Å². The average Bonchev–Trinajstić information content (AvgIpc) is 2.44. The van der Waals surface area contributed by atoms with Crippen molar-refractivity contribution in [1.82, 2.24) is 0 Å². The number of alkyl halides is 1. The number of rotatable bonds is 13. The van der Waals surface area contributed by atoms with Crippen molar-refractivity contribution < 1.29 is 0 Å². The summed E-state index contributed by atoms with van der Waals surface area (Å²) in [4.78, 5) is 0. The predicted octanol–water partition coefficient (Wildman–Crippen LogP) is 6.53. The van der Waals surface area contributed by atoms with Crippen LogP contribution >= 0.6 is 15.9 Å². The van der Waals surface area contributed by atoms with Gasteiger partial charge in [-0.05, 0) is 12.8 Å². The molecule has 0 aliphatic heterocycles. The highest BCUT2D eigenvalue weighted by Crippen LogP contribution is 2.12. The van der Waals surface area contributed by atoms with E-state index in [1.165, 1.54) is 70.6 Å². The smallest absolute Gasteiger partial charge is 0.0952 e. The van der Waals surface area contributed by atoms with Crippen molar-refractivity contribution in [2.24, 2.45) is 0 Å². The van der Waals surface area contributed by atoms with Crippen LogP contribution in [0, 0.1) is 11.3 Å². The van der Waals surface area contributed by atoms with Crippen LogP contribution in [0.15, 0.2) is 11.6 Å². The molecule has 0 bridgehead atoms. The third-order valence-corrected chi connectivity index (χ3v) is 4.09. The first kappa shape index (κ1) is 18.7. The molecule has 2 heteroatoms. The van der Waals surface area contributed by atoms with E-state index in [9.17, 15) is 0 Å². The largest absolute Gasteiger partial charge is 0.193 e. The lowest BCUT2D eigenvalue weighted by Gasteiger charge is -2.01. The third kappa shape index (κ3) is 13.9. The Balaban J connectivity index is 3.15. The normalized spacial score (nSPS) is 11.5. The predicted molar refractivity (Wildman–Crippen MR) is 88.6 cm³/mol. The Morgan fingerprint density at radius 2 is 1.37 bits per heavy atom. The number of hydrogen-bond acceptors (Lipinski definition) is 1. The molecule has 0 aromatic heterocycles. The number of nitrogens with zero attached hydrogens (tertiary/aromatic N) is 1. The van der Waals surface area contributed by atoms with Crippen molar-refractivity contribution in [1.29, 1.82) is 5.26 Å². The summed E-state index contributed by atoms with van der Waals surface area (Å²) >= 11 is 3.32. The summed E-state index contributed by atoms with van der Waals surface area (Å²) in [6.07, 6.45) is 18.3. The number of nitriles is 1. The van der Waals surface area contributed by atoms with Gasteiger partial charge in [0.15, 0.2) is 0 Å². The molecule has 0 heterocycles. The van der Waals surface area contributed by atoms with Crippen LogP contribution in [-0.4, -0.2) is 5.33 Å². The van der Waals surface area contributed by atoms with E-state index in [0.717, 1.165) is 12.0 Å². The third-order valence-electron chi connectivity index (χ3n) is 3.49.